The van der Waals surface area contributed by atoms with Crippen LogP contribution in [0.15, 0.2) is 0 Å². The molecule has 4 N–H and O–H groups in total. The fraction of sp³-hybridized carbons (Fsp3) is 0.600. The lowest BCUT2D eigenvalue weighted by molar-refractivity contribution is -0.137. The molecule has 1 unspecified atom stereocenters. The Morgan fingerprint density at radius 2 is 2.18 bits per heavy atom. The number of aliphatic carboxylic acids is 1. The maximum absolute atomic E-state index is 10.5. The van der Waals surface area contributed by atoms with Crippen molar-refractivity contribution in [2.24, 2.45) is 5.73 Å². The molecule has 0 aliphatic rings. The van der Waals surface area contributed by atoms with Crippen molar-refractivity contribution in [3.8, 4) is 0 Å². The van der Waals surface area contributed by atoms with Crippen LogP contribution in [0, 0.1) is 0 Å². The monoisotopic (exact) mass is 272 g/mol. The quantitative estimate of drug-likeness (QED) is 0.471. The zero-order chi connectivity index (χ0) is 8.85. The van der Waals surface area contributed by atoms with Crippen molar-refractivity contribution in [3.05, 3.63) is 0 Å². The number of carboxylic acid groups (broad SMARTS) is 1. The van der Waals surface area contributed by atoms with Gasteiger partial charge in [0.1, 0.15) is 0 Å². The number of carbonyl (C=O) groups is 2. The molecule has 0 aromatic rings. The van der Waals surface area contributed by atoms with Gasteiger partial charge < -0.3 is 10.8 Å². The molecule has 64 valence electrons. The van der Waals surface area contributed by atoms with E-state index in [9.17, 15) is 9.59 Å². The minimum absolute atomic E-state index is 0.0520. The normalized spacial score (nSPS) is 12.5. The number of hydrogen-bond donors (Lipinski definition) is 3. The predicted molar refractivity (Wildman–Crippen MR) is 47.0 cm³/mol. The molecule has 0 rings (SSSR count). The summed E-state index contributed by atoms with van der Waals surface area (Å²) in [6, 6.07) is -0.549. The Kier molecular flexibility index (Phi) is 5.12. The lowest BCUT2D eigenvalue weighted by Crippen LogP contribution is -2.36. The van der Waals surface area contributed by atoms with Gasteiger partial charge in [0.15, 0.2) is 0 Å². The van der Waals surface area contributed by atoms with E-state index in [0.717, 1.165) is 0 Å². The van der Waals surface area contributed by atoms with Crippen molar-refractivity contribution < 1.29 is 14.7 Å². The van der Waals surface area contributed by atoms with Crippen LogP contribution in [0.3, 0.4) is 0 Å². The van der Waals surface area contributed by atoms with Crippen molar-refractivity contribution in [3.63, 3.8) is 0 Å². The molecule has 0 bridgehead atoms. The second kappa shape index (κ2) is 5.30. The Labute approximate surface area is 77.8 Å². The zero-order valence-corrected chi connectivity index (χ0v) is 7.87. The number of hydrogen-bond acceptors (Lipinski definition) is 3. The summed E-state index contributed by atoms with van der Waals surface area (Å²) in [4.78, 5) is 20.6. The molecule has 0 spiro atoms. The van der Waals surface area contributed by atoms with Gasteiger partial charge in [0.25, 0.3) is 0 Å². The highest BCUT2D eigenvalue weighted by molar-refractivity contribution is 14.1. The first-order valence-corrected chi connectivity index (χ1v) is 4.03. The van der Waals surface area contributed by atoms with E-state index < -0.39 is 17.9 Å². The highest BCUT2D eigenvalue weighted by Crippen LogP contribution is 1.98. The van der Waals surface area contributed by atoms with Crippen LogP contribution in [0.2, 0.25) is 0 Å². The number of primary amides is 1. The van der Waals surface area contributed by atoms with Crippen LogP contribution in [0.1, 0.15) is 12.8 Å². The van der Waals surface area contributed by atoms with E-state index in [0.29, 0.717) is 0 Å². The molecule has 1 amide bonds. The summed E-state index contributed by atoms with van der Waals surface area (Å²) in [5.74, 6) is -1.46. The maximum atomic E-state index is 10.5. The third kappa shape index (κ3) is 4.96. The maximum Gasteiger partial charge on any atom is 0.303 e. The van der Waals surface area contributed by atoms with Crippen LogP contribution >= 0.6 is 22.9 Å². The SMILES string of the molecule is NC(=O)C(CCC(=O)O)NI. The number of nitrogens with one attached hydrogen (secondary N) is 1. The largest absolute Gasteiger partial charge is 0.481 e. The van der Waals surface area contributed by atoms with Crippen LogP contribution < -0.4 is 9.26 Å². The van der Waals surface area contributed by atoms with Crippen LogP contribution in [0.25, 0.3) is 0 Å². The minimum atomic E-state index is -0.928. The van der Waals surface area contributed by atoms with E-state index in [4.69, 9.17) is 10.8 Å². The fourth-order valence-corrected chi connectivity index (χ4v) is 1.14. The molecule has 0 heterocycles. The van der Waals surface area contributed by atoms with E-state index in [1.807, 2.05) is 0 Å². The molecule has 0 saturated heterocycles. The van der Waals surface area contributed by atoms with Crippen LogP contribution in [-0.2, 0) is 9.59 Å². The highest BCUT2D eigenvalue weighted by Gasteiger charge is 2.14. The van der Waals surface area contributed by atoms with E-state index in [1.165, 1.54) is 0 Å². The summed E-state index contributed by atoms with van der Waals surface area (Å²) < 4.78 is 2.59. The predicted octanol–water partition coefficient (Wildman–Crippen LogP) is -0.355. The van der Waals surface area contributed by atoms with Gasteiger partial charge in [-0.2, -0.15) is 0 Å². The van der Waals surface area contributed by atoms with Crippen molar-refractivity contribution in [1.82, 2.24) is 3.53 Å². The average Bonchev–Trinajstić information content (AvgIpc) is 1.87. The first-order valence-electron chi connectivity index (χ1n) is 2.95. The Balaban J connectivity index is 3.70. The third-order valence-electron chi connectivity index (χ3n) is 1.12. The zero-order valence-electron chi connectivity index (χ0n) is 5.71. The summed E-state index contributed by atoms with van der Waals surface area (Å²) in [6.45, 7) is 0. The van der Waals surface area contributed by atoms with Gasteiger partial charge in [-0.25, -0.2) is 3.53 Å². The van der Waals surface area contributed by atoms with Gasteiger partial charge in [-0.05, 0) is 6.42 Å². The molecule has 0 saturated carbocycles. The van der Waals surface area contributed by atoms with Crippen molar-refractivity contribution in [2.45, 2.75) is 18.9 Å². The summed E-state index contributed by atoms with van der Waals surface area (Å²) in [6.07, 6.45) is 0.178. The summed E-state index contributed by atoms with van der Waals surface area (Å²) in [5, 5.41) is 8.26. The van der Waals surface area contributed by atoms with Crippen molar-refractivity contribution in [1.29, 1.82) is 0 Å². The summed E-state index contributed by atoms with van der Waals surface area (Å²) >= 11 is 1.77. The molecule has 1 atom stereocenters. The second-order valence-electron chi connectivity index (χ2n) is 2.00. The van der Waals surface area contributed by atoms with Crippen molar-refractivity contribution >= 4 is 34.7 Å². The number of carbonyl (C=O) groups excluding carboxylic acids is 1. The molecular weight excluding hydrogens is 263 g/mol. The first kappa shape index (κ1) is 10.6. The van der Waals surface area contributed by atoms with E-state index in [2.05, 4.69) is 3.53 Å². The third-order valence-corrected chi connectivity index (χ3v) is 1.87. The molecular formula is C5H9IN2O3. The molecule has 6 heteroatoms. The van der Waals surface area contributed by atoms with Crippen molar-refractivity contribution in [2.75, 3.05) is 0 Å². The molecule has 0 aliphatic carbocycles. The number of amides is 1. The average molecular weight is 272 g/mol. The minimum Gasteiger partial charge on any atom is -0.481 e. The number of nitrogens with two attached hydrogens (primary N) is 1. The molecule has 11 heavy (non-hydrogen) atoms. The van der Waals surface area contributed by atoms with E-state index in [1.54, 1.807) is 22.9 Å². The standard InChI is InChI=1S/C5H9IN2O3/c6-8-3(5(7)11)1-2-4(9)10/h3,8H,1-2H2,(H2,7,11)(H,9,10). The van der Waals surface area contributed by atoms with Crippen LogP contribution in [0.5, 0.6) is 0 Å². The molecule has 0 aromatic heterocycles. The highest BCUT2D eigenvalue weighted by atomic mass is 127. The Hall–Kier alpha value is -0.370. The van der Waals surface area contributed by atoms with Gasteiger partial charge in [0, 0.05) is 29.3 Å². The fourth-order valence-electron chi connectivity index (χ4n) is 0.518. The number of rotatable bonds is 5. The van der Waals surface area contributed by atoms with Gasteiger partial charge in [0.2, 0.25) is 5.91 Å². The molecule has 0 aliphatic heterocycles. The molecule has 0 fully saturated rings. The van der Waals surface area contributed by atoms with Gasteiger partial charge in [-0.1, -0.05) is 0 Å². The summed E-state index contributed by atoms with van der Waals surface area (Å²) in [7, 11) is 0. The summed E-state index contributed by atoms with van der Waals surface area (Å²) in [5.41, 5.74) is 4.93. The second-order valence-corrected chi connectivity index (χ2v) is 2.62. The van der Waals surface area contributed by atoms with Crippen LogP contribution in [-0.4, -0.2) is 23.0 Å². The van der Waals surface area contributed by atoms with E-state index >= 15 is 0 Å². The van der Waals surface area contributed by atoms with E-state index in [-0.39, 0.29) is 12.8 Å². The number of halogens is 1. The lowest BCUT2D eigenvalue weighted by Gasteiger charge is -2.07. The Morgan fingerprint density at radius 1 is 1.64 bits per heavy atom. The molecule has 0 radical (unpaired) electrons. The van der Waals surface area contributed by atoms with Gasteiger partial charge in [-0.15, -0.1) is 0 Å². The Bertz CT molecular complexity index is 162. The van der Waals surface area contributed by atoms with Gasteiger partial charge in [0.05, 0.1) is 6.04 Å². The van der Waals surface area contributed by atoms with Gasteiger partial charge >= 0.3 is 5.97 Å². The lowest BCUT2D eigenvalue weighted by atomic mass is 10.1. The number of carboxylic acids is 1. The molecule has 0 aromatic carbocycles. The topological polar surface area (TPSA) is 92.4 Å². The first-order chi connectivity index (χ1) is 5.07. The van der Waals surface area contributed by atoms with Gasteiger partial charge in [-0.3, -0.25) is 9.59 Å². The van der Waals surface area contributed by atoms with Crippen LogP contribution in [0.4, 0.5) is 0 Å². The smallest absolute Gasteiger partial charge is 0.303 e. The Morgan fingerprint density at radius 3 is 2.45 bits per heavy atom. The molecule has 5 nitrogen and oxygen atoms in total.